The van der Waals surface area contributed by atoms with Crippen molar-refractivity contribution in [2.24, 2.45) is 11.8 Å². The van der Waals surface area contributed by atoms with Crippen LogP contribution in [0.3, 0.4) is 0 Å². The highest BCUT2D eigenvalue weighted by Crippen LogP contribution is 2.42. The van der Waals surface area contributed by atoms with E-state index < -0.39 is 0 Å². The Hall–Kier alpha value is -2.64. The summed E-state index contributed by atoms with van der Waals surface area (Å²) in [6, 6.07) is 0. The molecule has 2 N–H and O–H groups in total. The number of nitrogens with one attached hydrogen (secondary N) is 2. The second-order valence-corrected chi connectivity index (χ2v) is 7.22. The Morgan fingerprint density at radius 2 is 1.36 bits per heavy atom. The molecule has 0 bridgehead atoms. The summed E-state index contributed by atoms with van der Waals surface area (Å²) in [6.45, 7) is 2.58. The lowest BCUT2D eigenvalue weighted by atomic mass is 10.1. The van der Waals surface area contributed by atoms with Crippen molar-refractivity contribution in [3.05, 3.63) is 34.9 Å². The van der Waals surface area contributed by atoms with Crippen molar-refractivity contribution in [2.75, 3.05) is 13.1 Å². The van der Waals surface area contributed by atoms with Crippen LogP contribution in [0.2, 0.25) is 0 Å². The third-order valence-electron chi connectivity index (χ3n) is 5.66. The van der Waals surface area contributed by atoms with Crippen LogP contribution in [0, 0.1) is 11.8 Å². The average Bonchev–Trinajstić information content (AvgIpc) is 3.06. The SMILES string of the molecule is O=C([C@H]1C[C@H]1C(=O)N1CCc2cn[nH]c2C1)N1CCc2cn[nH]c2C1. The Bertz CT molecular complexity index is 772. The van der Waals surface area contributed by atoms with Gasteiger partial charge in [0.1, 0.15) is 0 Å². The second-order valence-electron chi connectivity index (χ2n) is 7.22. The number of hydrogen-bond donors (Lipinski definition) is 2. The molecule has 2 atom stereocenters. The number of carbonyl (C=O) groups excluding carboxylic acids is 2. The number of hydrogen-bond acceptors (Lipinski definition) is 4. The number of H-pyrrole nitrogens is 2. The smallest absolute Gasteiger partial charge is 0.226 e. The fourth-order valence-electron chi connectivity index (χ4n) is 4.02. The van der Waals surface area contributed by atoms with Crippen molar-refractivity contribution in [2.45, 2.75) is 32.4 Å². The molecule has 3 aliphatic rings. The van der Waals surface area contributed by atoms with Crippen molar-refractivity contribution in [3.63, 3.8) is 0 Å². The lowest BCUT2D eigenvalue weighted by molar-refractivity contribution is -0.139. The fourth-order valence-corrected chi connectivity index (χ4v) is 4.02. The third kappa shape index (κ3) is 2.43. The third-order valence-corrected chi connectivity index (χ3v) is 5.66. The van der Waals surface area contributed by atoms with Crippen LogP contribution >= 0.6 is 0 Å². The first-order valence-electron chi connectivity index (χ1n) is 8.80. The van der Waals surface area contributed by atoms with Crippen LogP contribution in [0.1, 0.15) is 28.9 Å². The Morgan fingerprint density at radius 1 is 0.880 bits per heavy atom. The van der Waals surface area contributed by atoms with Gasteiger partial charge in [-0.2, -0.15) is 10.2 Å². The molecule has 2 aromatic rings. The van der Waals surface area contributed by atoms with Crippen LogP contribution in [0.4, 0.5) is 0 Å². The van der Waals surface area contributed by atoms with Gasteiger partial charge in [-0.25, -0.2) is 0 Å². The van der Waals surface area contributed by atoms with Gasteiger partial charge in [-0.15, -0.1) is 0 Å². The van der Waals surface area contributed by atoms with E-state index in [1.807, 2.05) is 22.2 Å². The van der Waals surface area contributed by atoms with Gasteiger partial charge in [0.05, 0.1) is 48.7 Å². The molecule has 2 aromatic heterocycles. The zero-order chi connectivity index (χ0) is 17.0. The van der Waals surface area contributed by atoms with Crippen molar-refractivity contribution < 1.29 is 9.59 Å². The summed E-state index contributed by atoms with van der Waals surface area (Å²) in [7, 11) is 0. The molecule has 0 aromatic carbocycles. The number of nitrogens with zero attached hydrogens (tertiary/aromatic N) is 4. The van der Waals surface area contributed by atoms with E-state index in [4.69, 9.17) is 0 Å². The van der Waals surface area contributed by atoms with E-state index in [9.17, 15) is 9.59 Å². The van der Waals surface area contributed by atoms with Gasteiger partial charge in [0.25, 0.3) is 0 Å². The van der Waals surface area contributed by atoms with Crippen LogP contribution in [-0.2, 0) is 35.5 Å². The Morgan fingerprint density at radius 3 is 1.84 bits per heavy atom. The molecule has 25 heavy (non-hydrogen) atoms. The normalized spacial score (nSPS) is 24.6. The monoisotopic (exact) mass is 340 g/mol. The average molecular weight is 340 g/mol. The van der Waals surface area contributed by atoms with E-state index in [-0.39, 0.29) is 23.7 Å². The van der Waals surface area contributed by atoms with Crippen LogP contribution in [0.25, 0.3) is 0 Å². The van der Waals surface area contributed by atoms with Crippen LogP contribution < -0.4 is 0 Å². The van der Waals surface area contributed by atoms with Crippen molar-refractivity contribution >= 4 is 11.8 Å². The highest BCUT2D eigenvalue weighted by molar-refractivity contribution is 5.92. The van der Waals surface area contributed by atoms with Crippen molar-refractivity contribution in [3.8, 4) is 0 Å². The van der Waals surface area contributed by atoms with E-state index in [0.717, 1.165) is 24.2 Å². The fraction of sp³-hybridized carbons (Fsp3) is 0.529. The van der Waals surface area contributed by atoms with Crippen molar-refractivity contribution in [1.82, 2.24) is 30.2 Å². The summed E-state index contributed by atoms with van der Waals surface area (Å²) >= 11 is 0. The molecule has 8 nitrogen and oxygen atoms in total. The minimum Gasteiger partial charge on any atom is -0.336 e. The molecule has 0 saturated heterocycles. The molecule has 4 heterocycles. The first-order valence-corrected chi connectivity index (χ1v) is 8.80. The van der Waals surface area contributed by atoms with Gasteiger partial charge in [-0.1, -0.05) is 0 Å². The second kappa shape index (κ2) is 5.44. The minimum absolute atomic E-state index is 0.109. The Labute approximate surface area is 144 Å². The summed E-state index contributed by atoms with van der Waals surface area (Å²) in [5, 5.41) is 14.0. The quantitative estimate of drug-likeness (QED) is 0.818. The Kier molecular flexibility index (Phi) is 3.19. The topological polar surface area (TPSA) is 98.0 Å². The molecule has 5 rings (SSSR count). The first kappa shape index (κ1) is 14.7. The summed E-state index contributed by atoms with van der Waals surface area (Å²) in [5.41, 5.74) is 4.42. The zero-order valence-electron chi connectivity index (χ0n) is 13.9. The predicted molar refractivity (Wildman–Crippen MR) is 87.0 cm³/mol. The predicted octanol–water partition coefficient (Wildman–Crippen LogP) is 0.239. The lowest BCUT2D eigenvalue weighted by Gasteiger charge is -2.28. The molecule has 0 unspecified atom stereocenters. The van der Waals surface area contributed by atoms with Crippen LogP contribution in [-0.4, -0.2) is 55.1 Å². The van der Waals surface area contributed by atoms with E-state index in [2.05, 4.69) is 20.4 Å². The largest absolute Gasteiger partial charge is 0.336 e. The van der Waals surface area contributed by atoms with Crippen LogP contribution in [0.15, 0.2) is 12.4 Å². The Balaban J connectivity index is 1.22. The number of rotatable bonds is 2. The van der Waals surface area contributed by atoms with Gasteiger partial charge in [-0.05, 0) is 30.4 Å². The molecule has 2 amide bonds. The number of fused-ring (bicyclic) bond motifs is 2. The lowest BCUT2D eigenvalue weighted by Crippen LogP contribution is -2.40. The number of aromatic amines is 2. The van der Waals surface area contributed by atoms with Crippen molar-refractivity contribution in [1.29, 1.82) is 0 Å². The molecule has 1 saturated carbocycles. The molecule has 2 aliphatic heterocycles. The molecule has 0 radical (unpaired) electrons. The van der Waals surface area contributed by atoms with Gasteiger partial charge in [0.15, 0.2) is 0 Å². The number of amides is 2. The maximum atomic E-state index is 12.8. The summed E-state index contributed by atoms with van der Waals surface area (Å²) in [5.74, 6) is -0.0871. The van der Waals surface area contributed by atoms with E-state index in [1.54, 1.807) is 0 Å². The van der Waals surface area contributed by atoms with Gasteiger partial charge in [0.2, 0.25) is 11.8 Å². The minimum atomic E-state index is -0.153. The van der Waals surface area contributed by atoms with Gasteiger partial charge in [0, 0.05) is 13.1 Å². The number of aromatic nitrogens is 4. The molecule has 8 heteroatoms. The number of carbonyl (C=O) groups is 2. The molecular weight excluding hydrogens is 320 g/mol. The maximum absolute atomic E-state index is 12.8. The van der Waals surface area contributed by atoms with Gasteiger partial charge in [-0.3, -0.25) is 19.8 Å². The first-order chi connectivity index (χ1) is 12.2. The molecule has 1 fully saturated rings. The van der Waals surface area contributed by atoms with E-state index >= 15 is 0 Å². The molecule has 1 aliphatic carbocycles. The molecular formula is C17H20N6O2. The maximum Gasteiger partial charge on any atom is 0.226 e. The zero-order valence-corrected chi connectivity index (χ0v) is 13.9. The standard InChI is InChI=1S/C17H20N6O2/c24-16(22-3-1-10-6-18-20-14(10)8-22)12-5-13(12)17(25)23-4-2-11-7-19-21-15(11)9-23/h6-7,12-13H,1-5,8-9H2,(H,18,20)(H,19,21)/t12-,13+. The highest BCUT2D eigenvalue weighted by atomic mass is 16.2. The summed E-state index contributed by atoms with van der Waals surface area (Å²) < 4.78 is 0. The molecule has 130 valence electrons. The molecule has 0 spiro atoms. The van der Waals surface area contributed by atoms with Crippen LogP contribution in [0.5, 0.6) is 0 Å². The van der Waals surface area contributed by atoms with Gasteiger partial charge < -0.3 is 9.80 Å². The van der Waals surface area contributed by atoms with E-state index in [0.29, 0.717) is 32.6 Å². The van der Waals surface area contributed by atoms with E-state index in [1.165, 1.54) is 11.1 Å². The van der Waals surface area contributed by atoms with Gasteiger partial charge >= 0.3 is 0 Å². The summed E-state index contributed by atoms with van der Waals surface area (Å²) in [6.07, 6.45) is 6.01. The summed E-state index contributed by atoms with van der Waals surface area (Å²) in [4.78, 5) is 29.2. The highest BCUT2D eigenvalue weighted by Gasteiger charge is 2.51.